The third kappa shape index (κ3) is 2.52. The van der Waals surface area contributed by atoms with Crippen LogP contribution in [0.5, 0.6) is 0 Å². The molecule has 0 amide bonds. The molecule has 0 N–H and O–H groups in total. The number of alkyl halides is 1. The van der Waals surface area contributed by atoms with E-state index in [2.05, 4.69) is 5.10 Å². The minimum atomic E-state index is -0.298. The Kier molecular flexibility index (Phi) is 3.93. The van der Waals surface area contributed by atoms with Gasteiger partial charge in [0.15, 0.2) is 0 Å². The van der Waals surface area contributed by atoms with Crippen LogP contribution in [0.4, 0.5) is 4.39 Å². The van der Waals surface area contributed by atoms with Gasteiger partial charge in [0.05, 0.1) is 18.1 Å². The predicted octanol–water partition coefficient (Wildman–Crippen LogP) is 4.08. The standard InChI is InChI=1S/C13H13Cl2FN2/c1-8-12(6-14)9(2)18(17-8)7-10-5-11(16)3-4-13(10)15/h3-5H,6-7H2,1-2H3. The van der Waals surface area contributed by atoms with E-state index in [9.17, 15) is 4.39 Å². The van der Waals surface area contributed by atoms with Gasteiger partial charge in [-0.25, -0.2) is 4.39 Å². The minimum absolute atomic E-state index is 0.298. The summed E-state index contributed by atoms with van der Waals surface area (Å²) < 4.78 is 15.0. The molecule has 96 valence electrons. The lowest BCUT2D eigenvalue weighted by atomic mass is 10.2. The van der Waals surface area contributed by atoms with Crippen LogP contribution >= 0.6 is 23.2 Å². The molecule has 0 spiro atoms. The molecule has 2 aromatic rings. The molecule has 1 aromatic heterocycles. The Morgan fingerprint density at radius 2 is 2.06 bits per heavy atom. The fourth-order valence-electron chi connectivity index (χ4n) is 1.91. The van der Waals surface area contributed by atoms with E-state index < -0.39 is 0 Å². The Bertz CT molecular complexity index is 579. The normalized spacial score (nSPS) is 10.9. The van der Waals surface area contributed by atoms with Crippen molar-refractivity contribution in [2.24, 2.45) is 0 Å². The molecule has 2 rings (SSSR count). The highest BCUT2D eigenvalue weighted by Crippen LogP contribution is 2.21. The molecule has 0 aliphatic rings. The van der Waals surface area contributed by atoms with Crippen molar-refractivity contribution in [3.05, 3.63) is 51.6 Å². The Morgan fingerprint density at radius 3 is 2.67 bits per heavy atom. The van der Waals surface area contributed by atoms with Crippen LogP contribution in [0, 0.1) is 19.7 Å². The summed E-state index contributed by atoms with van der Waals surface area (Å²) in [5.41, 5.74) is 3.62. The third-order valence-corrected chi connectivity index (χ3v) is 3.63. The van der Waals surface area contributed by atoms with E-state index in [0.29, 0.717) is 23.0 Å². The van der Waals surface area contributed by atoms with Crippen molar-refractivity contribution in [1.82, 2.24) is 9.78 Å². The zero-order chi connectivity index (χ0) is 13.3. The van der Waals surface area contributed by atoms with Gasteiger partial charge in [0.25, 0.3) is 0 Å². The highest BCUT2D eigenvalue weighted by atomic mass is 35.5. The molecule has 0 fully saturated rings. The smallest absolute Gasteiger partial charge is 0.123 e. The summed E-state index contributed by atoms with van der Waals surface area (Å²) in [5.74, 6) is 0.127. The molecule has 1 aromatic carbocycles. The minimum Gasteiger partial charge on any atom is -0.265 e. The van der Waals surface area contributed by atoms with Crippen molar-refractivity contribution in [3.8, 4) is 0 Å². The monoisotopic (exact) mass is 286 g/mol. The number of aryl methyl sites for hydroxylation is 1. The van der Waals surface area contributed by atoms with Gasteiger partial charge in [-0.05, 0) is 37.6 Å². The molecule has 0 atom stereocenters. The Labute approximate surface area is 115 Å². The van der Waals surface area contributed by atoms with Crippen molar-refractivity contribution in [2.75, 3.05) is 0 Å². The van der Waals surface area contributed by atoms with Crippen LogP contribution in [0.1, 0.15) is 22.5 Å². The average Bonchev–Trinajstić information content (AvgIpc) is 2.59. The molecule has 0 radical (unpaired) electrons. The lowest BCUT2D eigenvalue weighted by Gasteiger charge is -2.07. The fraction of sp³-hybridized carbons (Fsp3) is 0.308. The van der Waals surface area contributed by atoms with Gasteiger partial charge in [0.2, 0.25) is 0 Å². The van der Waals surface area contributed by atoms with Gasteiger partial charge in [-0.1, -0.05) is 11.6 Å². The number of nitrogens with zero attached hydrogens (tertiary/aromatic N) is 2. The van der Waals surface area contributed by atoms with Crippen LogP contribution < -0.4 is 0 Å². The largest absolute Gasteiger partial charge is 0.265 e. The zero-order valence-electron chi connectivity index (χ0n) is 10.2. The van der Waals surface area contributed by atoms with E-state index in [-0.39, 0.29) is 5.82 Å². The van der Waals surface area contributed by atoms with Crippen molar-refractivity contribution in [3.63, 3.8) is 0 Å². The highest BCUT2D eigenvalue weighted by molar-refractivity contribution is 6.31. The van der Waals surface area contributed by atoms with Gasteiger partial charge in [0, 0.05) is 16.3 Å². The fourth-order valence-corrected chi connectivity index (χ4v) is 2.47. The number of benzene rings is 1. The van der Waals surface area contributed by atoms with E-state index in [4.69, 9.17) is 23.2 Å². The van der Waals surface area contributed by atoms with Crippen LogP contribution in [0.25, 0.3) is 0 Å². The van der Waals surface area contributed by atoms with Gasteiger partial charge < -0.3 is 0 Å². The second kappa shape index (κ2) is 5.29. The topological polar surface area (TPSA) is 17.8 Å². The van der Waals surface area contributed by atoms with Crippen LogP contribution in [0.2, 0.25) is 5.02 Å². The SMILES string of the molecule is Cc1nn(Cc2cc(F)ccc2Cl)c(C)c1CCl. The van der Waals surface area contributed by atoms with Crippen LogP contribution in [-0.4, -0.2) is 9.78 Å². The van der Waals surface area contributed by atoms with Crippen molar-refractivity contribution < 1.29 is 4.39 Å². The summed E-state index contributed by atoms with van der Waals surface area (Å²) in [4.78, 5) is 0. The van der Waals surface area contributed by atoms with Crippen LogP contribution in [0.15, 0.2) is 18.2 Å². The number of aromatic nitrogens is 2. The molecule has 0 saturated carbocycles. The first-order valence-corrected chi connectivity index (χ1v) is 6.47. The van der Waals surface area contributed by atoms with Crippen molar-refractivity contribution in [1.29, 1.82) is 0 Å². The maximum absolute atomic E-state index is 13.2. The van der Waals surface area contributed by atoms with E-state index in [1.165, 1.54) is 12.1 Å². The number of hydrogen-bond acceptors (Lipinski definition) is 1. The quantitative estimate of drug-likeness (QED) is 0.778. The Hall–Kier alpha value is -1.06. The van der Waals surface area contributed by atoms with Gasteiger partial charge in [-0.2, -0.15) is 5.10 Å². The summed E-state index contributed by atoms with van der Waals surface area (Å²) in [5, 5.41) is 4.94. The third-order valence-electron chi connectivity index (χ3n) is 2.99. The molecular weight excluding hydrogens is 274 g/mol. The second-order valence-corrected chi connectivity index (χ2v) is 4.85. The molecule has 0 saturated heterocycles. The van der Waals surface area contributed by atoms with Crippen LogP contribution in [0.3, 0.4) is 0 Å². The van der Waals surface area contributed by atoms with Crippen molar-refractivity contribution >= 4 is 23.2 Å². The molecule has 0 aliphatic heterocycles. The molecule has 2 nitrogen and oxygen atoms in total. The van der Waals surface area contributed by atoms with Gasteiger partial charge in [-0.3, -0.25) is 4.68 Å². The van der Waals surface area contributed by atoms with Gasteiger partial charge >= 0.3 is 0 Å². The molecule has 5 heteroatoms. The summed E-state index contributed by atoms with van der Waals surface area (Å²) in [6, 6.07) is 4.33. The summed E-state index contributed by atoms with van der Waals surface area (Å²) in [6.07, 6.45) is 0. The van der Waals surface area contributed by atoms with E-state index in [1.54, 1.807) is 10.7 Å². The van der Waals surface area contributed by atoms with E-state index in [0.717, 1.165) is 17.0 Å². The highest BCUT2D eigenvalue weighted by Gasteiger charge is 2.12. The molecule has 1 heterocycles. The molecule has 0 bridgehead atoms. The van der Waals surface area contributed by atoms with E-state index in [1.807, 2.05) is 13.8 Å². The maximum Gasteiger partial charge on any atom is 0.123 e. The average molecular weight is 287 g/mol. The summed E-state index contributed by atoms with van der Waals surface area (Å²) >= 11 is 11.9. The number of hydrogen-bond donors (Lipinski definition) is 0. The molecule has 18 heavy (non-hydrogen) atoms. The second-order valence-electron chi connectivity index (χ2n) is 4.18. The number of halogens is 3. The molecule has 0 aliphatic carbocycles. The first-order valence-electron chi connectivity index (χ1n) is 5.55. The maximum atomic E-state index is 13.2. The Balaban J connectivity index is 2.37. The summed E-state index contributed by atoms with van der Waals surface area (Å²) in [7, 11) is 0. The lowest BCUT2D eigenvalue weighted by molar-refractivity contribution is 0.615. The van der Waals surface area contributed by atoms with Crippen LogP contribution in [-0.2, 0) is 12.4 Å². The number of rotatable bonds is 3. The van der Waals surface area contributed by atoms with Gasteiger partial charge in [-0.15, -0.1) is 11.6 Å². The zero-order valence-corrected chi connectivity index (χ0v) is 11.7. The Morgan fingerprint density at radius 1 is 1.33 bits per heavy atom. The first-order chi connectivity index (χ1) is 8.52. The molecular formula is C13H13Cl2FN2. The lowest BCUT2D eigenvalue weighted by Crippen LogP contribution is -2.05. The van der Waals surface area contributed by atoms with Crippen molar-refractivity contribution in [2.45, 2.75) is 26.3 Å². The summed E-state index contributed by atoms with van der Waals surface area (Å²) in [6.45, 7) is 4.31. The predicted molar refractivity (Wildman–Crippen MR) is 71.8 cm³/mol. The molecule has 0 unspecified atom stereocenters. The van der Waals surface area contributed by atoms with Gasteiger partial charge in [0.1, 0.15) is 5.82 Å². The van der Waals surface area contributed by atoms with E-state index >= 15 is 0 Å². The first kappa shape index (κ1) is 13.4.